The van der Waals surface area contributed by atoms with Crippen LogP contribution >= 0.6 is 24.0 Å². The third-order valence-electron chi connectivity index (χ3n) is 4.98. The average Bonchev–Trinajstić information content (AvgIpc) is 2.67. The molecule has 0 aromatic rings. The molecule has 0 amide bonds. The summed E-state index contributed by atoms with van der Waals surface area (Å²) in [6, 6.07) is 0.374. The van der Waals surface area contributed by atoms with E-state index in [9.17, 15) is 4.21 Å². The smallest absolute Gasteiger partial charge is 0.191 e. The number of halogens is 1. The summed E-state index contributed by atoms with van der Waals surface area (Å²) in [6.45, 7) is 5.28. The van der Waals surface area contributed by atoms with Crippen LogP contribution in [0, 0.1) is 0 Å². The standard InChI is InChI=1S/C18H35N3O3S.HI/c1-3-25(22)17-7-4-6-15(14-17)21-18(19-2)20-10-5-11-24-16-8-12-23-13-9-16;/h15-17H,3-14H2,1-2H3,(H2,19,20,21);1H. The zero-order valence-corrected chi connectivity index (χ0v) is 19.4. The van der Waals surface area contributed by atoms with Gasteiger partial charge >= 0.3 is 0 Å². The summed E-state index contributed by atoms with van der Waals surface area (Å²) in [5.41, 5.74) is 0. The van der Waals surface area contributed by atoms with E-state index in [1.165, 1.54) is 0 Å². The molecule has 1 aliphatic heterocycles. The van der Waals surface area contributed by atoms with Crippen LogP contribution in [0.4, 0.5) is 0 Å². The van der Waals surface area contributed by atoms with Crippen molar-refractivity contribution in [2.75, 3.05) is 39.2 Å². The van der Waals surface area contributed by atoms with Gasteiger partial charge in [-0.25, -0.2) is 0 Å². The average molecular weight is 501 g/mol. The second-order valence-electron chi connectivity index (χ2n) is 6.83. The molecule has 2 N–H and O–H groups in total. The first-order valence-corrected chi connectivity index (χ1v) is 11.1. The van der Waals surface area contributed by atoms with Gasteiger partial charge in [0.25, 0.3) is 0 Å². The number of nitrogens with zero attached hydrogens (tertiary/aromatic N) is 1. The van der Waals surface area contributed by atoms with Crippen LogP contribution in [0.2, 0.25) is 0 Å². The highest BCUT2D eigenvalue weighted by Gasteiger charge is 2.26. The van der Waals surface area contributed by atoms with Crippen molar-refractivity contribution in [3.63, 3.8) is 0 Å². The molecule has 8 heteroatoms. The van der Waals surface area contributed by atoms with E-state index in [-0.39, 0.29) is 24.0 Å². The fourth-order valence-corrected chi connectivity index (χ4v) is 4.86. The molecule has 1 aliphatic carbocycles. The molecule has 3 atom stereocenters. The Morgan fingerprint density at radius 1 is 1.27 bits per heavy atom. The van der Waals surface area contributed by atoms with Crippen molar-refractivity contribution in [3.05, 3.63) is 0 Å². The van der Waals surface area contributed by atoms with Gasteiger partial charge in [0.2, 0.25) is 0 Å². The molecule has 26 heavy (non-hydrogen) atoms. The van der Waals surface area contributed by atoms with Gasteiger partial charge in [-0.15, -0.1) is 24.0 Å². The lowest BCUT2D eigenvalue weighted by atomic mass is 9.95. The van der Waals surface area contributed by atoms with Gasteiger partial charge in [0.15, 0.2) is 5.96 Å². The Kier molecular flexibility index (Phi) is 13.1. The zero-order chi connectivity index (χ0) is 17.9. The van der Waals surface area contributed by atoms with Gasteiger partial charge < -0.3 is 20.1 Å². The molecule has 2 rings (SSSR count). The molecular formula is C18H36IN3O3S. The zero-order valence-electron chi connectivity index (χ0n) is 16.2. The van der Waals surface area contributed by atoms with Crippen molar-refractivity contribution < 1.29 is 13.7 Å². The molecule has 1 saturated heterocycles. The van der Waals surface area contributed by atoms with Crippen LogP contribution in [-0.2, 0) is 20.3 Å². The number of hydrogen-bond donors (Lipinski definition) is 2. The SMILES string of the molecule is CCS(=O)C1CCCC(NC(=NC)NCCCOC2CCOCC2)C1.I. The van der Waals surface area contributed by atoms with E-state index in [2.05, 4.69) is 15.6 Å². The third-order valence-corrected chi connectivity index (χ3v) is 6.72. The third kappa shape index (κ3) is 8.84. The topological polar surface area (TPSA) is 72.0 Å². The lowest BCUT2D eigenvalue weighted by Crippen LogP contribution is -2.47. The van der Waals surface area contributed by atoms with E-state index >= 15 is 0 Å². The summed E-state index contributed by atoms with van der Waals surface area (Å²) in [7, 11) is 1.12. The lowest BCUT2D eigenvalue weighted by molar-refractivity contribution is -0.0320. The van der Waals surface area contributed by atoms with Crippen LogP contribution in [0.3, 0.4) is 0 Å². The summed E-state index contributed by atoms with van der Waals surface area (Å²) >= 11 is 0. The fraction of sp³-hybridized carbons (Fsp3) is 0.944. The van der Waals surface area contributed by atoms with E-state index in [1.807, 2.05) is 6.92 Å². The van der Waals surface area contributed by atoms with Gasteiger partial charge in [-0.1, -0.05) is 13.3 Å². The van der Waals surface area contributed by atoms with Crippen molar-refractivity contribution in [3.8, 4) is 0 Å². The van der Waals surface area contributed by atoms with Gasteiger partial charge in [0.1, 0.15) is 0 Å². The Balaban J connectivity index is 0.00000338. The first-order valence-electron chi connectivity index (χ1n) is 9.76. The Morgan fingerprint density at radius 3 is 2.73 bits per heavy atom. The molecule has 3 unspecified atom stereocenters. The molecule has 0 aromatic heterocycles. The molecule has 2 aliphatic rings. The minimum atomic E-state index is -0.687. The van der Waals surface area contributed by atoms with Gasteiger partial charge in [0.05, 0.1) is 6.10 Å². The normalized spacial score (nSPS) is 26.0. The fourth-order valence-electron chi connectivity index (χ4n) is 3.51. The van der Waals surface area contributed by atoms with Crippen LogP contribution < -0.4 is 10.6 Å². The molecule has 154 valence electrons. The highest BCUT2D eigenvalue weighted by Crippen LogP contribution is 2.22. The minimum Gasteiger partial charge on any atom is -0.381 e. The largest absolute Gasteiger partial charge is 0.381 e. The lowest BCUT2D eigenvalue weighted by Gasteiger charge is -2.30. The van der Waals surface area contributed by atoms with Crippen molar-refractivity contribution in [1.82, 2.24) is 10.6 Å². The summed E-state index contributed by atoms with van der Waals surface area (Å²) < 4.78 is 23.3. The molecule has 1 saturated carbocycles. The Bertz CT molecular complexity index is 434. The minimum absolute atomic E-state index is 0. The number of hydrogen-bond acceptors (Lipinski definition) is 4. The van der Waals surface area contributed by atoms with Crippen LogP contribution in [-0.4, -0.2) is 66.7 Å². The highest BCUT2D eigenvalue weighted by molar-refractivity contribution is 14.0. The number of aliphatic imine (C=N–C) groups is 1. The van der Waals surface area contributed by atoms with Crippen LogP contribution in [0.25, 0.3) is 0 Å². The van der Waals surface area contributed by atoms with Crippen molar-refractivity contribution in [2.45, 2.75) is 69.3 Å². The quantitative estimate of drug-likeness (QED) is 0.232. The second kappa shape index (κ2) is 14.1. The van der Waals surface area contributed by atoms with Crippen molar-refractivity contribution >= 4 is 40.7 Å². The first kappa shape index (κ1) is 24.1. The first-order chi connectivity index (χ1) is 12.2. The van der Waals surface area contributed by atoms with E-state index in [1.54, 1.807) is 7.05 Å². The van der Waals surface area contributed by atoms with Gasteiger partial charge in [-0.3, -0.25) is 9.20 Å². The Labute approximate surface area is 178 Å². The van der Waals surface area contributed by atoms with Gasteiger partial charge in [-0.2, -0.15) is 0 Å². The van der Waals surface area contributed by atoms with Crippen molar-refractivity contribution in [1.29, 1.82) is 0 Å². The predicted octanol–water partition coefficient (Wildman–Crippen LogP) is 2.43. The maximum atomic E-state index is 12.1. The molecule has 6 nitrogen and oxygen atoms in total. The predicted molar refractivity (Wildman–Crippen MR) is 119 cm³/mol. The highest BCUT2D eigenvalue weighted by atomic mass is 127. The summed E-state index contributed by atoms with van der Waals surface area (Å²) in [6.07, 6.45) is 7.70. The molecule has 2 fully saturated rings. The molecule has 0 aromatic carbocycles. The number of nitrogens with one attached hydrogen (secondary N) is 2. The van der Waals surface area contributed by atoms with Gasteiger partial charge in [0, 0.05) is 61.3 Å². The molecule has 0 bridgehead atoms. The number of guanidine groups is 1. The van der Waals surface area contributed by atoms with Crippen molar-refractivity contribution in [2.24, 2.45) is 4.99 Å². The number of rotatable bonds is 8. The summed E-state index contributed by atoms with van der Waals surface area (Å²) in [5.74, 6) is 1.61. The monoisotopic (exact) mass is 501 g/mol. The van der Waals surface area contributed by atoms with E-state index < -0.39 is 10.8 Å². The van der Waals surface area contributed by atoms with Crippen LogP contribution in [0.15, 0.2) is 4.99 Å². The van der Waals surface area contributed by atoms with Gasteiger partial charge in [-0.05, 0) is 38.5 Å². The maximum absolute atomic E-state index is 12.1. The van der Waals surface area contributed by atoms with E-state index in [0.717, 1.165) is 83.0 Å². The molecular weight excluding hydrogens is 465 g/mol. The summed E-state index contributed by atoms with van der Waals surface area (Å²) in [5, 5.41) is 7.21. The Hall–Kier alpha value is 0.0700. The molecule has 1 heterocycles. The number of ether oxygens (including phenoxy) is 2. The second-order valence-corrected chi connectivity index (χ2v) is 8.84. The van der Waals surface area contributed by atoms with E-state index in [0.29, 0.717) is 17.4 Å². The maximum Gasteiger partial charge on any atom is 0.191 e. The van der Waals surface area contributed by atoms with E-state index in [4.69, 9.17) is 9.47 Å². The molecule has 0 spiro atoms. The van der Waals surface area contributed by atoms with Crippen LogP contribution in [0.5, 0.6) is 0 Å². The Morgan fingerprint density at radius 2 is 2.04 bits per heavy atom. The van der Waals surface area contributed by atoms with Crippen LogP contribution in [0.1, 0.15) is 51.9 Å². The summed E-state index contributed by atoms with van der Waals surface area (Å²) in [4.78, 5) is 4.32. The molecule has 0 radical (unpaired) electrons.